The summed E-state index contributed by atoms with van der Waals surface area (Å²) >= 11 is 0. The minimum absolute atomic E-state index is 0.110. The Morgan fingerprint density at radius 1 is 0.970 bits per heavy atom. The molecule has 0 saturated heterocycles. The second kappa shape index (κ2) is 9.07. The first kappa shape index (κ1) is 22.5. The third kappa shape index (κ3) is 5.06. The molecule has 0 amide bonds. The summed E-state index contributed by atoms with van der Waals surface area (Å²) in [5, 5.41) is 13.1. The van der Waals surface area contributed by atoms with E-state index in [1.807, 2.05) is 34.9 Å². The van der Waals surface area contributed by atoms with Crippen LogP contribution in [0.1, 0.15) is 28.3 Å². The first-order valence-electron chi connectivity index (χ1n) is 10.2. The Labute approximate surface area is 187 Å². The van der Waals surface area contributed by atoms with Crippen LogP contribution in [-0.2, 0) is 24.1 Å². The Hall–Kier alpha value is -3.65. The second-order valence-corrected chi connectivity index (χ2v) is 7.71. The molecule has 0 saturated carbocycles. The molecule has 170 valence electrons. The number of fused-ring (bicyclic) bond motifs is 1. The Bertz CT molecular complexity index is 1280. The number of carboxylic acids is 1. The fraction of sp³-hybridized carbons (Fsp3) is 0.160. The number of aliphatic carboxylic acids is 1. The van der Waals surface area contributed by atoms with Crippen LogP contribution in [0.3, 0.4) is 0 Å². The SMILES string of the molecule is O=C(O)C(NCc1cccc(C(F)(F)F)c1)c1cn(Cc2ccccc2)c2ccc(F)cc12. The van der Waals surface area contributed by atoms with Gasteiger partial charge in [-0.2, -0.15) is 13.2 Å². The second-order valence-electron chi connectivity index (χ2n) is 7.71. The number of rotatable bonds is 7. The van der Waals surface area contributed by atoms with Gasteiger partial charge in [-0.25, -0.2) is 4.39 Å². The minimum Gasteiger partial charge on any atom is -0.480 e. The lowest BCUT2D eigenvalue weighted by molar-refractivity contribution is -0.140. The molecule has 1 heterocycles. The predicted octanol–water partition coefficient (Wildman–Crippen LogP) is 5.76. The third-order valence-corrected chi connectivity index (χ3v) is 5.39. The summed E-state index contributed by atoms with van der Waals surface area (Å²) in [6.07, 6.45) is -2.85. The van der Waals surface area contributed by atoms with Gasteiger partial charge in [0.15, 0.2) is 0 Å². The molecular weight excluding hydrogens is 436 g/mol. The molecule has 8 heteroatoms. The van der Waals surface area contributed by atoms with Crippen molar-refractivity contribution in [2.45, 2.75) is 25.3 Å². The highest BCUT2D eigenvalue weighted by Gasteiger charge is 2.30. The number of halogens is 4. The highest BCUT2D eigenvalue weighted by Crippen LogP contribution is 2.31. The third-order valence-electron chi connectivity index (χ3n) is 5.39. The number of nitrogens with zero attached hydrogens (tertiary/aromatic N) is 1. The zero-order chi connectivity index (χ0) is 23.6. The van der Waals surface area contributed by atoms with Crippen molar-refractivity contribution < 1.29 is 27.5 Å². The van der Waals surface area contributed by atoms with E-state index in [0.29, 0.717) is 23.0 Å². The van der Waals surface area contributed by atoms with Crippen LogP contribution in [0.25, 0.3) is 10.9 Å². The van der Waals surface area contributed by atoms with Gasteiger partial charge in [-0.15, -0.1) is 0 Å². The van der Waals surface area contributed by atoms with Gasteiger partial charge < -0.3 is 9.67 Å². The number of carbonyl (C=O) groups is 1. The molecule has 3 aromatic carbocycles. The lowest BCUT2D eigenvalue weighted by Crippen LogP contribution is -2.28. The summed E-state index contributed by atoms with van der Waals surface area (Å²) in [5.41, 5.74) is 1.45. The first-order chi connectivity index (χ1) is 15.7. The maximum Gasteiger partial charge on any atom is 0.416 e. The lowest BCUT2D eigenvalue weighted by Gasteiger charge is -2.15. The van der Waals surface area contributed by atoms with Gasteiger partial charge in [-0.3, -0.25) is 10.1 Å². The number of benzene rings is 3. The number of aromatic nitrogens is 1. The van der Waals surface area contributed by atoms with Crippen molar-refractivity contribution in [3.05, 3.63) is 107 Å². The topological polar surface area (TPSA) is 54.3 Å². The zero-order valence-corrected chi connectivity index (χ0v) is 17.3. The molecule has 33 heavy (non-hydrogen) atoms. The molecule has 0 radical (unpaired) electrons. The van der Waals surface area contributed by atoms with Crippen molar-refractivity contribution in [3.8, 4) is 0 Å². The smallest absolute Gasteiger partial charge is 0.416 e. The van der Waals surface area contributed by atoms with E-state index >= 15 is 0 Å². The molecule has 0 fully saturated rings. The van der Waals surface area contributed by atoms with Crippen molar-refractivity contribution in [3.63, 3.8) is 0 Å². The van der Waals surface area contributed by atoms with Crippen LogP contribution in [0.4, 0.5) is 17.6 Å². The Morgan fingerprint density at radius 2 is 1.70 bits per heavy atom. The minimum atomic E-state index is -4.50. The largest absolute Gasteiger partial charge is 0.480 e. The van der Waals surface area contributed by atoms with Crippen LogP contribution in [0.5, 0.6) is 0 Å². The highest BCUT2D eigenvalue weighted by atomic mass is 19.4. The van der Waals surface area contributed by atoms with E-state index in [1.54, 1.807) is 12.3 Å². The standard InChI is InChI=1S/C25H20F4N2O2/c26-19-9-10-22-20(12-19)21(15-31(22)14-16-5-2-1-3-6-16)23(24(32)33)30-13-17-7-4-8-18(11-17)25(27,28)29/h1-12,15,23,30H,13-14H2,(H,32,33). The molecule has 1 aromatic heterocycles. The van der Waals surface area contributed by atoms with E-state index in [0.717, 1.165) is 17.7 Å². The lowest BCUT2D eigenvalue weighted by atomic mass is 10.0. The molecule has 1 unspecified atom stereocenters. The summed E-state index contributed by atoms with van der Waals surface area (Å²) in [6, 6.07) is 17.1. The van der Waals surface area contributed by atoms with E-state index in [-0.39, 0.29) is 12.1 Å². The Kier molecular flexibility index (Phi) is 6.20. The van der Waals surface area contributed by atoms with E-state index < -0.39 is 29.6 Å². The van der Waals surface area contributed by atoms with Gasteiger partial charge in [0.05, 0.1) is 5.56 Å². The van der Waals surface area contributed by atoms with Crippen molar-refractivity contribution >= 4 is 16.9 Å². The Balaban J connectivity index is 1.67. The molecule has 1 atom stereocenters. The van der Waals surface area contributed by atoms with Crippen molar-refractivity contribution in [1.82, 2.24) is 9.88 Å². The maximum atomic E-state index is 14.0. The molecule has 2 N–H and O–H groups in total. The molecule has 0 spiro atoms. The number of nitrogens with one attached hydrogen (secondary N) is 1. The fourth-order valence-corrected chi connectivity index (χ4v) is 3.85. The number of hydrogen-bond donors (Lipinski definition) is 2. The quantitative estimate of drug-likeness (QED) is 0.348. The summed E-state index contributed by atoms with van der Waals surface area (Å²) in [7, 11) is 0. The van der Waals surface area contributed by atoms with E-state index in [4.69, 9.17) is 0 Å². The molecule has 4 rings (SSSR count). The van der Waals surface area contributed by atoms with Gasteiger partial charge in [-0.1, -0.05) is 48.5 Å². The van der Waals surface area contributed by atoms with Crippen LogP contribution in [0, 0.1) is 5.82 Å². The van der Waals surface area contributed by atoms with Gasteiger partial charge >= 0.3 is 12.1 Å². The van der Waals surface area contributed by atoms with E-state index in [2.05, 4.69) is 5.32 Å². The number of alkyl halides is 3. The molecule has 0 aliphatic rings. The highest BCUT2D eigenvalue weighted by molar-refractivity contribution is 5.89. The molecule has 0 aliphatic carbocycles. The van der Waals surface area contributed by atoms with Crippen LogP contribution in [0.15, 0.2) is 79.0 Å². The van der Waals surface area contributed by atoms with Crippen LogP contribution < -0.4 is 5.32 Å². The van der Waals surface area contributed by atoms with Crippen LogP contribution in [0.2, 0.25) is 0 Å². The summed E-state index contributed by atoms with van der Waals surface area (Å²) in [5.74, 6) is -1.73. The Morgan fingerprint density at radius 3 is 2.39 bits per heavy atom. The fourth-order valence-electron chi connectivity index (χ4n) is 3.85. The van der Waals surface area contributed by atoms with Gasteiger partial charge in [0.2, 0.25) is 0 Å². The van der Waals surface area contributed by atoms with Gasteiger partial charge in [0.1, 0.15) is 11.9 Å². The van der Waals surface area contributed by atoms with Crippen molar-refractivity contribution in [1.29, 1.82) is 0 Å². The molecule has 0 aliphatic heterocycles. The number of carboxylic acid groups (broad SMARTS) is 1. The predicted molar refractivity (Wildman–Crippen MR) is 116 cm³/mol. The normalized spacial score (nSPS) is 12.7. The van der Waals surface area contributed by atoms with Crippen molar-refractivity contribution in [2.75, 3.05) is 0 Å². The van der Waals surface area contributed by atoms with Gasteiger partial charge in [-0.05, 0) is 35.4 Å². The summed E-state index contributed by atoms with van der Waals surface area (Å²) < 4.78 is 54.9. The monoisotopic (exact) mass is 456 g/mol. The summed E-state index contributed by atoms with van der Waals surface area (Å²) in [4.78, 5) is 12.1. The van der Waals surface area contributed by atoms with E-state index in [1.165, 1.54) is 24.3 Å². The average Bonchev–Trinajstić information content (AvgIpc) is 3.11. The van der Waals surface area contributed by atoms with Crippen LogP contribution >= 0.6 is 0 Å². The first-order valence-corrected chi connectivity index (χ1v) is 10.2. The van der Waals surface area contributed by atoms with Gasteiger partial charge in [0.25, 0.3) is 0 Å². The maximum absolute atomic E-state index is 14.0. The molecule has 4 nitrogen and oxygen atoms in total. The summed E-state index contributed by atoms with van der Waals surface area (Å²) in [6.45, 7) is 0.338. The van der Waals surface area contributed by atoms with Gasteiger partial charge in [0, 0.05) is 35.8 Å². The van der Waals surface area contributed by atoms with Crippen LogP contribution in [-0.4, -0.2) is 15.6 Å². The number of hydrogen-bond acceptors (Lipinski definition) is 2. The average molecular weight is 456 g/mol. The van der Waals surface area contributed by atoms with Crippen molar-refractivity contribution in [2.24, 2.45) is 0 Å². The molecular formula is C25H20F4N2O2. The molecule has 4 aromatic rings. The zero-order valence-electron chi connectivity index (χ0n) is 17.3. The molecule has 0 bridgehead atoms. The van der Waals surface area contributed by atoms with E-state index in [9.17, 15) is 27.5 Å².